The zero-order chi connectivity index (χ0) is 23.8. The molecule has 1 unspecified atom stereocenters. The molecule has 1 atom stereocenters. The summed E-state index contributed by atoms with van der Waals surface area (Å²) < 4.78 is 18.5. The fourth-order valence-corrected chi connectivity index (χ4v) is 3.51. The molecule has 0 spiro atoms. The molecule has 3 rings (SSSR count). The maximum atomic E-state index is 13.2. The first-order chi connectivity index (χ1) is 15.9. The summed E-state index contributed by atoms with van der Waals surface area (Å²) in [5.74, 6) is -0.156. The van der Waals surface area contributed by atoms with E-state index in [4.69, 9.17) is 4.74 Å². The highest BCUT2D eigenvalue weighted by Crippen LogP contribution is 2.24. The maximum Gasteiger partial charge on any atom is 0.255 e. The molecule has 0 bridgehead atoms. The van der Waals surface area contributed by atoms with Crippen molar-refractivity contribution in [1.29, 1.82) is 0 Å². The molecule has 0 saturated heterocycles. The van der Waals surface area contributed by atoms with E-state index < -0.39 is 0 Å². The van der Waals surface area contributed by atoms with Gasteiger partial charge in [0.15, 0.2) is 0 Å². The van der Waals surface area contributed by atoms with Gasteiger partial charge in [-0.3, -0.25) is 14.5 Å². The van der Waals surface area contributed by atoms with Crippen molar-refractivity contribution in [2.24, 2.45) is 0 Å². The number of nitrogens with one attached hydrogen (secondary N) is 2. The Morgan fingerprint density at radius 3 is 2.27 bits per heavy atom. The normalized spacial score (nSPS) is 11.7. The van der Waals surface area contributed by atoms with Gasteiger partial charge in [-0.05, 0) is 67.6 Å². The number of ether oxygens (including phenoxy) is 1. The van der Waals surface area contributed by atoms with Gasteiger partial charge in [0.25, 0.3) is 5.91 Å². The summed E-state index contributed by atoms with van der Waals surface area (Å²) in [6.45, 7) is 4.81. The number of carbonyl (C=O) groups excluding carboxylic acids is 2. The summed E-state index contributed by atoms with van der Waals surface area (Å²) >= 11 is 0. The number of para-hydroxylation sites is 2. The van der Waals surface area contributed by atoms with Crippen LogP contribution < -0.4 is 15.4 Å². The molecule has 0 radical (unpaired) electrons. The van der Waals surface area contributed by atoms with Crippen LogP contribution in [0.5, 0.6) is 5.75 Å². The fourth-order valence-electron chi connectivity index (χ4n) is 3.51. The summed E-state index contributed by atoms with van der Waals surface area (Å²) in [6, 6.07) is 20.1. The summed E-state index contributed by atoms with van der Waals surface area (Å²) in [7, 11) is 1.54. The lowest BCUT2D eigenvalue weighted by Crippen LogP contribution is -2.35. The number of likely N-dealkylation sites (N-methyl/N-ethyl adjacent to an activating group) is 1. The summed E-state index contributed by atoms with van der Waals surface area (Å²) in [5, 5.41) is 5.69. The minimum atomic E-state index is -0.285. The highest BCUT2D eigenvalue weighted by atomic mass is 19.1. The van der Waals surface area contributed by atoms with E-state index in [1.807, 2.05) is 30.9 Å². The molecule has 0 heterocycles. The molecule has 172 valence electrons. The Hall–Kier alpha value is -3.71. The van der Waals surface area contributed by atoms with Gasteiger partial charge in [0.1, 0.15) is 11.6 Å². The number of hydrogen-bond donors (Lipinski definition) is 2. The highest BCUT2D eigenvalue weighted by molar-refractivity contribution is 6.05. The van der Waals surface area contributed by atoms with E-state index in [1.165, 1.54) is 12.1 Å². The number of hydrogen-bond acceptors (Lipinski definition) is 4. The van der Waals surface area contributed by atoms with Crippen molar-refractivity contribution in [1.82, 2.24) is 4.90 Å². The SMILES string of the molecule is CCN(CC(=O)Nc1ccc(C(=O)Nc2ccccc2OC)cc1)C(C)c1ccc(F)cc1. The molecule has 0 aliphatic heterocycles. The van der Waals surface area contributed by atoms with Gasteiger partial charge in [-0.2, -0.15) is 0 Å². The first kappa shape index (κ1) is 23.9. The second kappa shape index (κ2) is 11.2. The number of anilines is 2. The van der Waals surface area contributed by atoms with Crippen LogP contribution in [0.15, 0.2) is 72.8 Å². The molecule has 0 saturated carbocycles. The molecular formula is C26H28FN3O3. The van der Waals surface area contributed by atoms with Gasteiger partial charge >= 0.3 is 0 Å². The summed E-state index contributed by atoms with van der Waals surface area (Å²) in [4.78, 5) is 27.1. The van der Waals surface area contributed by atoms with Crippen LogP contribution in [-0.2, 0) is 4.79 Å². The topological polar surface area (TPSA) is 70.7 Å². The van der Waals surface area contributed by atoms with Gasteiger partial charge < -0.3 is 15.4 Å². The van der Waals surface area contributed by atoms with Crippen LogP contribution in [0, 0.1) is 5.82 Å². The van der Waals surface area contributed by atoms with E-state index in [9.17, 15) is 14.0 Å². The Bertz CT molecular complexity index is 1080. The Labute approximate surface area is 193 Å². The largest absolute Gasteiger partial charge is 0.495 e. The van der Waals surface area contributed by atoms with Crippen molar-refractivity contribution in [3.05, 3.63) is 89.7 Å². The van der Waals surface area contributed by atoms with Crippen LogP contribution in [0.2, 0.25) is 0 Å². The van der Waals surface area contributed by atoms with E-state index >= 15 is 0 Å². The van der Waals surface area contributed by atoms with Crippen LogP contribution in [0.25, 0.3) is 0 Å². The molecule has 33 heavy (non-hydrogen) atoms. The number of methoxy groups -OCH3 is 1. The van der Waals surface area contributed by atoms with Crippen molar-refractivity contribution in [2.75, 3.05) is 30.8 Å². The standard InChI is InChI=1S/C26H28FN3O3/c1-4-30(18(2)19-9-13-21(27)14-10-19)17-25(31)28-22-15-11-20(12-16-22)26(32)29-23-7-5-6-8-24(23)33-3/h5-16,18H,4,17H2,1-3H3,(H,28,31)(H,29,32). The average Bonchev–Trinajstić information content (AvgIpc) is 2.83. The smallest absolute Gasteiger partial charge is 0.255 e. The van der Waals surface area contributed by atoms with Crippen LogP contribution in [0.1, 0.15) is 35.8 Å². The Kier molecular flexibility index (Phi) is 8.16. The molecule has 0 fully saturated rings. The number of nitrogens with zero attached hydrogens (tertiary/aromatic N) is 1. The van der Waals surface area contributed by atoms with E-state index in [1.54, 1.807) is 55.6 Å². The predicted octanol–water partition coefficient (Wildman–Crippen LogP) is 5.11. The molecule has 3 aromatic rings. The molecule has 7 heteroatoms. The minimum Gasteiger partial charge on any atom is -0.495 e. The monoisotopic (exact) mass is 449 g/mol. The molecule has 0 aliphatic carbocycles. The molecule has 2 N–H and O–H groups in total. The number of carbonyl (C=O) groups is 2. The summed E-state index contributed by atoms with van der Waals surface area (Å²) in [5.41, 5.74) is 2.58. The van der Waals surface area contributed by atoms with E-state index in [0.29, 0.717) is 29.2 Å². The molecule has 0 aromatic heterocycles. The molecular weight excluding hydrogens is 421 g/mol. The Morgan fingerprint density at radius 1 is 0.970 bits per heavy atom. The van der Waals surface area contributed by atoms with Crippen LogP contribution in [0.4, 0.5) is 15.8 Å². The van der Waals surface area contributed by atoms with E-state index in [2.05, 4.69) is 10.6 Å². The first-order valence-corrected chi connectivity index (χ1v) is 10.7. The number of amides is 2. The molecule has 0 aliphatic rings. The van der Waals surface area contributed by atoms with Crippen molar-refractivity contribution in [2.45, 2.75) is 19.9 Å². The second-order valence-electron chi connectivity index (χ2n) is 7.57. The van der Waals surface area contributed by atoms with E-state index in [0.717, 1.165) is 5.56 Å². The van der Waals surface area contributed by atoms with Gasteiger partial charge in [-0.25, -0.2) is 4.39 Å². The average molecular weight is 450 g/mol. The number of benzene rings is 3. The van der Waals surface area contributed by atoms with Gasteiger partial charge in [0.2, 0.25) is 5.91 Å². The maximum absolute atomic E-state index is 13.2. The lowest BCUT2D eigenvalue weighted by molar-refractivity contribution is -0.117. The third-order valence-corrected chi connectivity index (χ3v) is 5.44. The summed E-state index contributed by atoms with van der Waals surface area (Å²) in [6.07, 6.45) is 0. The minimum absolute atomic E-state index is 0.0394. The zero-order valence-electron chi connectivity index (χ0n) is 19.0. The van der Waals surface area contributed by atoms with Crippen LogP contribution >= 0.6 is 0 Å². The fraction of sp³-hybridized carbons (Fsp3) is 0.231. The van der Waals surface area contributed by atoms with Gasteiger partial charge in [-0.15, -0.1) is 0 Å². The van der Waals surface area contributed by atoms with Crippen molar-refractivity contribution < 1.29 is 18.7 Å². The van der Waals surface area contributed by atoms with Crippen molar-refractivity contribution >= 4 is 23.2 Å². The molecule has 3 aromatic carbocycles. The lowest BCUT2D eigenvalue weighted by Gasteiger charge is -2.27. The van der Waals surface area contributed by atoms with Crippen LogP contribution in [-0.4, -0.2) is 36.9 Å². The molecule has 6 nitrogen and oxygen atoms in total. The molecule has 2 amide bonds. The Morgan fingerprint density at radius 2 is 1.64 bits per heavy atom. The van der Waals surface area contributed by atoms with Crippen molar-refractivity contribution in [3.63, 3.8) is 0 Å². The number of rotatable bonds is 9. The third-order valence-electron chi connectivity index (χ3n) is 5.44. The zero-order valence-corrected chi connectivity index (χ0v) is 19.0. The van der Waals surface area contributed by atoms with Gasteiger partial charge in [-0.1, -0.05) is 31.2 Å². The van der Waals surface area contributed by atoms with Crippen molar-refractivity contribution in [3.8, 4) is 5.75 Å². The Balaban J connectivity index is 1.58. The van der Waals surface area contributed by atoms with Gasteiger partial charge in [0.05, 0.1) is 19.3 Å². The lowest BCUT2D eigenvalue weighted by atomic mass is 10.1. The quantitative estimate of drug-likeness (QED) is 0.476. The van der Waals surface area contributed by atoms with E-state index in [-0.39, 0.29) is 30.2 Å². The first-order valence-electron chi connectivity index (χ1n) is 10.7. The highest BCUT2D eigenvalue weighted by Gasteiger charge is 2.18. The predicted molar refractivity (Wildman–Crippen MR) is 128 cm³/mol. The van der Waals surface area contributed by atoms with Gasteiger partial charge in [0, 0.05) is 17.3 Å². The third kappa shape index (κ3) is 6.40. The number of halogens is 1. The second-order valence-corrected chi connectivity index (χ2v) is 7.57. The van der Waals surface area contributed by atoms with Crippen LogP contribution in [0.3, 0.4) is 0 Å².